The number of hydrogen-bond donors (Lipinski definition) is 2. The summed E-state index contributed by atoms with van der Waals surface area (Å²) in [5.41, 5.74) is -0.161. The van der Waals surface area contributed by atoms with Crippen molar-refractivity contribution in [1.82, 2.24) is 24.9 Å². The molecule has 0 saturated carbocycles. The monoisotopic (exact) mass is 439 g/mol. The van der Waals surface area contributed by atoms with Crippen LogP contribution >= 0.6 is 0 Å². The Hall–Kier alpha value is -3.54. The smallest absolute Gasteiger partial charge is 0.382 e. The van der Waals surface area contributed by atoms with Crippen molar-refractivity contribution in [2.24, 2.45) is 7.05 Å². The summed E-state index contributed by atoms with van der Waals surface area (Å²) in [4.78, 5) is 25.3. The molecule has 1 unspecified atom stereocenters. The van der Waals surface area contributed by atoms with Gasteiger partial charge in [-0.05, 0) is 11.6 Å². The van der Waals surface area contributed by atoms with Crippen LogP contribution < -0.4 is 10.9 Å². The van der Waals surface area contributed by atoms with Crippen LogP contribution in [-0.4, -0.2) is 49.4 Å². The minimum absolute atomic E-state index is 0.149. The van der Waals surface area contributed by atoms with Gasteiger partial charge in [0.25, 0.3) is 11.5 Å². The Balaban J connectivity index is 2.04. The molecule has 2 aromatic heterocycles. The lowest BCUT2D eigenvalue weighted by Crippen LogP contribution is -2.42. The zero-order valence-electron chi connectivity index (χ0n) is 16.1. The second-order valence-corrected chi connectivity index (χ2v) is 6.63. The maximum atomic E-state index is 12.8. The molecule has 1 aromatic carbocycles. The van der Waals surface area contributed by atoms with Crippen molar-refractivity contribution in [3.8, 4) is 16.9 Å². The van der Waals surface area contributed by atoms with Gasteiger partial charge in [-0.1, -0.05) is 24.3 Å². The average Bonchev–Trinajstić information content (AvgIpc) is 3.17. The lowest BCUT2D eigenvalue weighted by molar-refractivity contribution is -0.201. The first-order valence-corrected chi connectivity index (χ1v) is 8.92. The highest BCUT2D eigenvalue weighted by Gasteiger charge is 2.38. The van der Waals surface area contributed by atoms with Gasteiger partial charge in [-0.2, -0.15) is 28.1 Å². The van der Waals surface area contributed by atoms with Gasteiger partial charge >= 0.3 is 6.18 Å². The summed E-state index contributed by atoms with van der Waals surface area (Å²) in [7, 11) is 1.60. The highest BCUT2D eigenvalue weighted by molar-refractivity contribution is 5.94. The Morgan fingerprint density at radius 2 is 1.94 bits per heavy atom. The van der Waals surface area contributed by atoms with E-state index in [1.54, 1.807) is 7.05 Å². The van der Waals surface area contributed by atoms with Crippen molar-refractivity contribution in [3.63, 3.8) is 0 Å². The van der Waals surface area contributed by atoms with E-state index in [-0.39, 0.29) is 11.4 Å². The predicted octanol–water partition coefficient (Wildman–Crippen LogP) is 1.76. The van der Waals surface area contributed by atoms with Crippen molar-refractivity contribution < 1.29 is 27.5 Å². The van der Waals surface area contributed by atoms with E-state index in [1.807, 2.05) is 5.32 Å². The number of nitrogens with one attached hydrogen (secondary N) is 1. The Bertz CT molecular complexity index is 1140. The maximum absolute atomic E-state index is 12.8. The van der Waals surface area contributed by atoms with Crippen LogP contribution in [0.5, 0.6) is 0 Å². The number of carbonyl (C=O) groups excluding carboxylic acids is 1. The van der Waals surface area contributed by atoms with Gasteiger partial charge in [0.1, 0.15) is 17.9 Å². The standard InChI is InChI=1S/C19H17F4N5O3/c1-27-10-13(8-25-27)28-18(31)14(17(30)24-9-16(29)19(21,22)23)6-15(26-28)12-4-2-11(7-20)3-5-12/h2-6,8,10,16,29H,7,9H2,1H3,(H,24,30). The van der Waals surface area contributed by atoms with E-state index in [1.165, 1.54) is 41.3 Å². The van der Waals surface area contributed by atoms with Crippen molar-refractivity contribution in [2.45, 2.75) is 19.0 Å². The number of aliphatic hydroxyl groups is 1. The second kappa shape index (κ2) is 8.68. The van der Waals surface area contributed by atoms with Crippen LogP contribution in [0, 0.1) is 0 Å². The molecular weight excluding hydrogens is 422 g/mol. The Labute approximate surface area is 172 Å². The second-order valence-electron chi connectivity index (χ2n) is 6.63. The normalized spacial score (nSPS) is 12.6. The van der Waals surface area contributed by atoms with Crippen LogP contribution in [0.15, 0.2) is 47.5 Å². The molecule has 8 nitrogen and oxygen atoms in total. The highest BCUT2D eigenvalue weighted by Crippen LogP contribution is 2.20. The van der Waals surface area contributed by atoms with Gasteiger partial charge in [0.2, 0.25) is 0 Å². The van der Waals surface area contributed by atoms with Crippen LogP contribution in [0.25, 0.3) is 16.9 Å². The van der Waals surface area contributed by atoms with Crippen LogP contribution in [-0.2, 0) is 13.7 Å². The molecule has 31 heavy (non-hydrogen) atoms. The molecule has 0 aliphatic heterocycles. The molecule has 0 spiro atoms. The van der Waals surface area contributed by atoms with Crippen molar-refractivity contribution >= 4 is 5.91 Å². The van der Waals surface area contributed by atoms with Gasteiger partial charge in [0, 0.05) is 12.6 Å². The maximum Gasteiger partial charge on any atom is 0.416 e. The average molecular weight is 439 g/mol. The third-order valence-corrected chi connectivity index (χ3v) is 4.33. The minimum Gasteiger partial charge on any atom is -0.382 e. The zero-order valence-corrected chi connectivity index (χ0v) is 16.1. The molecule has 0 fully saturated rings. The zero-order chi connectivity index (χ0) is 22.8. The van der Waals surface area contributed by atoms with E-state index in [0.717, 1.165) is 10.7 Å². The lowest BCUT2D eigenvalue weighted by atomic mass is 10.1. The largest absolute Gasteiger partial charge is 0.416 e. The Morgan fingerprint density at radius 1 is 1.26 bits per heavy atom. The first-order valence-electron chi connectivity index (χ1n) is 8.92. The predicted molar refractivity (Wildman–Crippen MR) is 101 cm³/mol. The lowest BCUT2D eigenvalue weighted by Gasteiger charge is -2.15. The van der Waals surface area contributed by atoms with E-state index in [4.69, 9.17) is 5.11 Å². The quantitative estimate of drug-likeness (QED) is 0.570. The molecule has 2 N–H and O–H groups in total. The van der Waals surface area contributed by atoms with Crippen LogP contribution in [0.3, 0.4) is 0 Å². The molecule has 1 amide bonds. The molecule has 0 radical (unpaired) electrons. The summed E-state index contributed by atoms with van der Waals surface area (Å²) in [5.74, 6) is -1.12. The van der Waals surface area contributed by atoms with E-state index in [2.05, 4.69) is 10.2 Å². The van der Waals surface area contributed by atoms with Crippen LogP contribution in [0.2, 0.25) is 0 Å². The number of nitrogens with zero attached hydrogens (tertiary/aromatic N) is 4. The molecular formula is C19H17F4N5O3. The Kier molecular flexibility index (Phi) is 6.20. The van der Waals surface area contributed by atoms with Crippen LogP contribution in [0.1, 0.15) is 15.9 Å². The van der Waals surface area contributed by atoms with Crippen LogP contribution in [0.4, 0.5) is 17.6 Å². The van der Waals surface area contributed by atoms with E-state index < -0.39 is 42.5 Å². The number of carbonyl (C=O) groups is 1. The number of hydrogen-bond acceptors (Lipinski definition) is 5. The van der Waals surface area contributed by atoms with Crippen molar-refractivity contribution in [3.05, 3.63) is 64.2 Å². The number of amides is 1. The molecule has 3 aromatic rings. The summed E-state index contributed by atoms with van der Waals surface area (Å²) in [6, 6.07) is 7.18. The first kappa shape index (κ1) is 22.2. The molecule has 0 aliphatic rings. The molecule has 2 heterocycles. The molecule has 0 saturated heterocycles. The van der Waals surface area contributed by atoms with Gasteiger partial charge in [0.15, 0.2) is 6.10 Å². The van der Waals surface area contributed by atoms with Gasteiger partial charge in [-0.25, -0.2) is 4.39 Å². The first-order chi connectivity index (χ1) is 14.6. The van der Waals surface area contributed by atoms with Gasteiger partial charge < -0.3 is 10.4 Å². The summed E-state index contributed by atoms with van der Waals surface area (Å²) >= 11 is 0. The number of benzene rings is 1. The molecule has 3 rings (SSSR count). The number of aromatic nitrogens is 4. The summed E-state index contributed by atoms with van der Waals surface area (Å²) in [6.07, 6.45) is -4.93. The van der Waals surface area contributed by atoms with Crippen molar-refractivity contribution in [2.75, 3.05) is 6.54 Å². The number of rotatable bonds is 6. The Morgan fingerprint density at radius 3 is 2.48 bits per heavy atom. The van der Waals surface area contributed by atoms with Gasteiger partial charge in [-0.15, -0.1) is 0 Å². The molecule has 12 heteroatoms. The summed E-state index contributed by atoms with van der Waals surface area (Å²) in [6.45, 7) is -1.81. The fourth-order valence-electron chi connectivity index (χ4n) is 2.66. The fourth-order valence-corrected chi connectivity index (χ4v) is 2.66. The molecule has 0 aliphatic carbocycles. The van der Waals surface area contributed by atoms with E-state index in [9.17, 15) is 27.2 Å². The number of aliphatic hydroxyl groups excluding tert-OH is 1. The number of halogens is 4. The van der Waals surface area contributed by atoms with Gasteiger partial charge in [-0.3, -0.25) is 14.3 Å². The van der Waals surface area contributed by atoms with Crippen molar-refractivity contribution in [1.29, 1.82) is 0 Å². The summed E-state index contributed by atoms with van der Waals surface area (Å²) < 4.78 is 52.6. The van der Waals surface area contributed by atoms with E-state index in [0.29, 0.717) is 11.1 Å². The number of aryl methyl sites for hydroxylation is 1. The number of alkyl halides is 4. The fraction of sp³-hybridized carbons (Fsp3) is 0.263. The van der Waals surface area contributed by atoms with E-state index >= 15 is 0 Å². The van der Waals surface area contributed by atoms with Gasteiger partial charge in [0.05, 0.1) is 24.6 Å². The molecule has 164 valence electrons. The summed E-state index contributed by atoms with van der Waals surface area (Å²) in [5, 5.41) is 19.1. The molecule has 0 bridgehead atoms. The molecule has 1 atom stereocenters. The SMILES string of the molecule is Cn1cc(-n2nc(-c3ccc(CF)cc3)cc(C(=O)NCC(O)C(F)(F)F)c2=O)cn1. The minimum atomic E-state index is -4.93. The third-order valence-electron chi connectivity index (χ3n) is 4.33. The third kappa shape index (κ3) is 4.97. The highest BCUT2D eigenvalue weighted by atomic mass is 19.4. The topological polar surface area (TPSA) is 102 Å².